The zero-order valence-corrected chi connectivity index (χ0v) is 11.8. The SMILES string of the molecule is COc1cc(C)nc(CNC2CCCCC2Cl)c1. The van der Waals surface area contributed by atoms with Gasteiger partial charge in [-0.2, -0.15) is 0 Å². The predicted octanol–water partition coefficient (Wildman–Crippen LogP) is 3.04. The summed E-state index contributed by atoms with van der Waals surface area (Å²) in [5.41, 5.74) is 2.00. The zero-order valence-electron chi connectivity index (χ0n) is 11.1. The van der Waals surface area contributed by atoms with Gasteiger partial charge < -0.3 is 10.1 Å². The van der Waals surface area contributed by atoms with Gasteiger partial charge in [0.15, 0.2) is 0 Å². The minimum absolute atomic E-state index is 0.255. The highest BCUT2D eigenvalue weighted by Gasteiger charge is 2.22. The molecular formula is C14H21ClN2O. The summed E-state index contributed by atoms with van der Waals surface area (Å²) < 4.78 is 5.25. The van der Waals surface area contributed by atoms with Crippen LogP contribution in [0, 0.1) is 6.92 Å². The van der Waals surface area contributed by atoms with Gasteiger partial charge in [0.2, 0.25) is 0 Å². The Labute approximate surface area is 114 Å². The molecule has 0 spiro atoms. The molecule has 3 nitrogen and oxygen atoms in total. The van der Waals surface area contributed by atoms with Crippen molar-refractivity contribution < 1.29 is 4.74 Å². The molecule has 2 atom stereocenters. The van der Waals surface area contributed by atoms with Gasteiger partial charge in [0, 0.05) is 35.8 Å². The second kappa shape index (κ2) is 6.39. The van der Waals surface area contributed by atoms with Crippen molar-refractivity contribution in [2.24, 2.45) is 0 Å². The average Bonchev–Trinajstić information content (AvgIpc) is 2.37. The number of hydrogen-bond donors (Lipinski definition) is 1. The number of aryl methyl sites for hydroxylation is 1. The van der Waals surface area contributed by atoms with E-state index < -0.39 is 0 Å². The molecule has 2 rings (SSSR count). The van der Waals surface area contributed by atoms with Crippen molar-refractivity contribution in [2.75, 3.05) is 7.11 Å². The number of pyridine rings is 1. The van der Waals surface area contributed by atoms with Crippen LogP contribution in [-0.2, 0) is 6.54 Å². The molecule has 1 saturated carbocycles. The number of nitrogens with one attached hydrogen (secondary N) is 1. The highest BCUT2D eigenvalue weighted by molar-refractivity contribution is 6.21. The van der Waals surface area contributed by atoms with Crippen LogP contribution >= 0.6 is 11.6 Å². The van der Waals surface area contributed by atoms with Gasteiger partial charge in [-0.15, -0.1) is 11.6 Å². The van der Waals surface area contributed by atoms with E-state index >= 15 is 0 Å². The Hall–Kier alpha value is -0.800. The topological polar surface area (TPSA) is 34.1 Å². The quantitative estimate of drug-likeness (QED) is 0.853. The molecule has 1 heterocycles. The highest BCUT2D eigenvalue weighted by Crippen LogP contribution is 2.23. The van der Waals surface area contributed by atoms with Crippen LogP contribution < -0.4 is 10.1 Å². The van der Waals surface area contributed by atoms with Crippen LogP contribution in [0.15, 0.2) is 12.1 Å². The fraction of sp³-hybridized carbons (Fsp3) is 0.643. The third-order valence-electron chi connectivity index (χ3n) is 3.44. The number of rotatable bonds is 4. The lowest BCUT2D eigenvalue weighted by Gasteiger charge is -2.27. The van der Waals surface area contributed by atoms with Gasteiger partial charge in [-0.05, 0) is 19.8 Å². The molecule has 100 valence electrons. The number of hydrogen-bond acceptors (Lipinski definition) is 3. The van der Waals surface area contributed by atoms with Crippen LogP contribution in [0.4, 0.5) is 0 Å². The maximum absolute atomic E-state index is 6.33. The summed E-state index contributed by atoms with van der Waals surface area (Å²) in [5, 5.41) is 3.77. The van der Waals surface area contributed by atoms with Gasteiger partial charge in [0.05, 0.1) is 12.8 Å². The fourth-order valence-electron chi connectivity index (χ4n) is 2.46. The molecule has 1 aliphatic carbocycles. The molecule has 4 heteroatoms. The number of halogens is 1. The normalized spacial score (nSPS) is 23.9. The van der Waals surface area contributed by atoms with Crippen LogP contribution in [0.3, 0.4) is 0 Å². The summed E-state index contributed by atoms with van der Waals surface area (Å²) in [6.45, 7) is 2.74. The van der Waals surface area contributed by atoms with Crippen molar-refractivity contribution in [1.29, 1.82) is 0 Å². The monoisotopic (exact) mass is 268 g/mol. The van der Waals surface area contributed by atoms with Crippen molar-refractivity contribution in [3.8, 4) is 5.75 Å². The fourth-order valence-corrected chi connectivity index (χ4v) is 2.83. The first-order valence-corrected chi connectivity index (χ1v) is 7.01. The third kappa shape index (κ3) is 3.59. The van der Waals surface area contributed by atoms with E-state index in [1.165, 1.54) is 12.8 Å². The second-order valence-electron chi connectivity index (χ2n) is 4.93. The lowest BCUT2D eigenvalue weighted by Crippen LogP contribution is -2.39. The summed E-state index contributed by atoms with van der Waals surface area (Å²) in [4.78, 5) is 4.51. The van der Waals surface area contributed by atoms with Crippen LogP contribution in [0.2, 0.25) is 0 Å². The average molecular weight is 269 g/mol. The van der Waals surface area contributed by atoms with E-state index in [2.05, 4.69) is 10.3 Å². The number of nitrogens with zero attached hydrogens (tertiary/aromatic N) is 1. The molecule has 0 amide bonds. The lowest BCUT2D eigenvalue weighted by molar-refractivity contribution is 0.375. The van der Waals surface area contributed by atoms with Gasteiger partial charge in [-0.1, -0.05) is 12.8 Å². The minimum atomic E-state index is 0.255. The molecule has 1 aliphatic rings. The van der Waals surface area contributed by atoms with Gasteiger partial charge in [-0.25, -0.2) is 0 Å². The van der Waals surface area contributed by atoms with Crippen molar-refractivity contribution in [1.82, 2.24) is 10.3 Å². The summed E-state index contributed by atoms with van der Waals surface area (Å²) in [6, 6.07) is 4.33. The van der Waals surface area contributed by atoms with E-state index in [4.69, 9.17) is 16.3 Å². The molecule has 0 bridgehead atoms. The minimum Gasteiger partial charge on any atom is -0.497 e. The van der Waals surface area contributed by atoms with E-state index in [9.17, 15) is 0 Å². The first kappa shape index (κ1) is 13.6. The Balaban J connectivity index is 1.94. The van der Waals surface area contributed by atoms with Gasteiger partial charge in [0.25, 0.3) is 0 Å². The largest absolute Gasteiger partial charge is 0.497 e. The van der Waals surface area contributed by atoms with E-state index in [0.717, 1.165) is 36.5 Å². The number of ether oxygens (including phenoxy) is 1. The number of methoxy groups -OCH3 is 1. The molecule has 1 aromatic rings. The third-order valence-corrected chi connectivity index (χ3v) is 3.97. The van der Waals surface area contributed by atoms with Crippen molar-refractivity contribution in [3.63, 3.8) is 0 Å². The van der Waals surface area contributed by atoms with Gasteiger partial charge in [0.1, 0.15) is 5.75 Å². The van der Waals surface area contributed by atoms with Crippen LogP contribution in [0.5, 0.6) is 5.75 Å². The Morgan fingerprint density at radius 2 is 2.17 bits per heavy atom. The maximum Gasteiger partial charge on any atom is 0.122 e. The Bertz CT molecular complexity index is 397. The summed E-state index contributed by atoms with van der Waals surface area (Å²) >= 11 is 6.33. The summed E-state index contributed by atoms with van der Waals surface area (Å²) in [7, 11) is 1.68. The van der Waals surface area contributed by atoms with Crippen LogP contribution in [0.25, 0.3) is 0 Å². The number of alkyl halides is 1. The molecule has 1 aromatic heterocycles. The van der Waals surface area contributed by atoms with Crippen LogP contribution in [-0.4, -0.2) is 23.5 Å². The second-order valence-corrected chi connectivity index (χ2v) is 5.49. The molecule has 18 heavy (non-hydrogen) atoms. The van der Waals surface area contributed by atoms with Gasteiger partial charge >= 0.3 is 0 Å². The summed E-state index contributed by atoms with van der Waals surface area (Å²) in [6.07, 6.45) is 4.80. The van der Waals surface area contributed by atoms with Crippen molar-refractivity contribution in [3.05, 3.63) is 23.5 Å². The lowest BCUT2D eigenvalue weighted by atomic mass is 9.95. The first-order chi connectivity index (χ1) is 8.69. The Morgan fingerprint density at radius 1 is 1.39 bits per heavy atom. The van der Waals surface area contributed by atoms with Crippen molar-refractivity contribution in [2.45, 2.75) is 50.6 Å². The maximum atomic E-state index is 6.33. The Morgan fingerprint density at radius 3 is 2.89 bits per heavy atom. The smallest absolute Gasteiger partial charge is 0.122 e. The molecule has 0 aliphatic heterocycles. The van der Waals surface area contributed by atoms with E-state index in [0.29, 0.717) is 6.04 Å². The van der Waals surface area contributed by atoms with Crippen LogP contribution in [0.1, 0.15) is 37.1 Å². The van der Waals surface area contributed by atoms with E-state index in [1.54, 1.807) is 7.11 Å². The summed E-state index contributed by atoms with van der Waals surface area (Å²) in [5.74, 6) is 0.866. The molecule has 1 fully saturated rings. The van der Waals surface area contributed by atoms with E-state index in [1.807, 2.05) is 19.1 Å². The molecular weight excluding hydrogens is 248 g/mol. The highest BCUT2D eigenvalue weighted by atomic mass is 35.5. The standard InChI is InChI=1S/C14H21ClN2O/c1-10-7-12(18-2)8-11(17-10)9-16-14-6-4-3-5-13(14)15/h7-8,13-14,16H,3-6,9H2,1-2H3. The Kier molecular flexibility index (Phi) is 4.84. The zero-order chi connectivity index (χ0) is 13.0. The predicted molar refractivity (Wildman–Crippen MR) is 74.3 cm³/mol. The molecule has 0 aromatic carbocycles. The molecule has 2 unspecified atom stereocenters. The van der Waals surface area contributed by atoms with Crippen molar-refractivity contribution >= 4 is 11.6 Å². The molecule has 0 saturated heterocycles. The molecule has 0 radical (unpaired) electrons. The van der Waals surface area contributed by atoms with E-state index in [-0.39, 0.29) is 5.38 Å². The first-order valence-electron chi connectivity index (χ1n) is 6.58. The number of aromatic nitrogens is 1. The molecule has 1 N–H and O–H groups in total. The van der Waals surface area contributed by atoms with Gasteiger partial charge in [-0.3, -0.25) is 4.98 Å².